The molecule has 0 N–H and O–H groups in total. The van der Waals surface area contributed by atoms with Crippen molar-refractivity contribution in [2.24, 2.45) is 34.5 Å². The highest BCUT2D eigenvalue weighted by Crippen LogP contribution is 2.64. The van der Waals surface area contributed by atoms with E-state index in [1.54, 1.807) is 0 Å². The summed E-state index contributed by atoms with van der Waals surface area (Å²) < 4.78 is 0. The lowest BCUT2D eigenvalue weighted by molar-refractivity contribution is -0.113. The quantitative estimate of drug-likeness (QED) is 0.539. The minimum Gasteiger partial charge on any atom is -0.0625 e. The van der Waals surface area contributed by atoms with Crippen LogP contribution in [0.2, 0.25) is 0 Å². The van der Waals surface area contributed by atoms with E-state index < -0.39 is 0 Å². The van der Waals surface area contributed by atoms with Crippen molar-refractivity contribution in [3.8, 4) is 0 Å². The first-order valence-corrected chi connectivity index (χ1v) is 9.34. The van der Waals surface area contributed by atoms with Crippen molar-refractivity contribution in [2.75, 3.05) is 0 Å². The van der Waals surface area contributed by atoms with E-state index in [4.69, 9.17) is 0 Å². The lowest BCUT2D eigenvalue weighted by Crippen LogP contribution is -2.52. The second-order valence-corrected chi connectivity index (χ2v) is 8.99. The molecule has 0 saturated heterocycles. The Balaban J connectivity index is 2.33. The maximum Gasteiger partial charge on any atom is -0.0215 e. The van der Waals surface area contributed by atoms with E-state index >= 15 is 0 Å². The highest BCUT2D eigenvalue weighted by molar-refractivity contribution is 5.04. The van der Waals surface area contributed by atoms with Crippen molar-refractivity contribution >= 4 is 0 Å². The zero-order chi connectivity index (χ0) is 15.0. The van der Waals surface area contributed by atoms with Gasteiger partial charge in [0.2, 0.25) is 0 Å². The minimum absolute atomic E-state index is 0.633. The Bertz CT molecular complexity index is 264. The first-order valence-electron chi connectivity index (χ1n) is 9.34. The van der Waals surface area contributed by atoms with Crippen LogP contribution in [0.5, 0.6) is 0 Å². The largest absolute Gasteiger partial charge is 0.0625 e. The molecule has 2 aliphatic rings. The van der Waals surface area contributed by atoms with E-state index in [1.807, 2.05) is 0 Å². The summed E-state index contributed by atoms with van der Waals surface area (Å²) in [7, 11) is 0. The minimum atomic E-state index is 0.633. The number of hydrogen-bond donors (Lipinski definition) is 0. The van der Waals surface area contributed by atoms with Gasteiger partial charge in [0, 0.05) is 0 Å². The Morgan fingerprint density at radius 3 is 1.05 bits per heavy atom. The molecule has 2 fully saturated rings. The topological polar surface area (TPSA) is 0 Å². The van der Waals surface area contributed by atoms with Crippen LogP contribution in [0.25, 0.3) is 0 Å². The van der Waals surface area contributed by atoms with Crippen LogP contribution in [0.1, 0.15) is 92.9 Å². The fraction of sp³-hybridized carbons (Fsp3) is 1.00. The molecule has 0 aliphatic heterocycles. The molecule has 0 atom stereocenters. The molecule has 2 rings (SSSR count). The molecule has 20 heavy (non-hydrogen) atoms. The van der Waals surface area contributed by atoms with Crippen molar-refractivity contribution in [3.05, 3.63) is 0 Å². The van der Waals surface area contributed by atoms with E-state index in [2.05, 4.69) is 41.5 Å². The fourth-order valence-electron chi connectivity index (χ4n) is 5.85. The molecule has 0 spiro atoms. The third kappa shape index (κ3) is 2.57. The predicted molar refractivity (Wildman–Crippen MR) is 89.8 cm³/mol. The summed E-state index contributed by atoms with van der Waals surface area (Å²) in [6, 6.07) is 0. The van der Waals surface area contributed by atoms with Crippen LogP contribution in [-0.4, -0.2) is 0 Å². The summed E-state index contributed by atoms with van der Waals surface area (Å²) in [5.41, 5.74) is 1.27. The van der Waals surface area contributed by atoms with Gasteiger partial charge in [-0.25, -0.2) is 0 Å². The van der Waals surface area contributed by atoms with Crippen molar-refractivity contribution in [3.63, 3.8) is 0 Å². The third-order valence-corrected chi connectivity index (χ3v) is 7.53. The van der Waals surface area contributed by atoms with Gasteiger partial charge in [-0.3, -0.25) is 0 Å². The van der Waals surface area contributed by atoms with Crippen molar-refractivity contribution in [1.82, 2.24) is 0 Å². The summed E-state index contributed by atoms with van der Waals surface area (Å²) >= 11 is 0. The molecule has 0 aromatic heterocycles. The van der Waals surface area contributed by atoms with E-state index in [0.29, 0.717) is 10.8 Å². The molecule has 0 amide bonds. The summed E-state index contributed by atoms with van der Waals surface area (Å²) in [6.07, 6.45) is 11.9. The lowest BCUT2D eigenvalue weighted by Gasteiger charge is -2.61. The van der Waals surface area contributed by atoms with Gasteiger partial charge >= 0.3 is 0 Å². The van der Waals surface area contributed by atoms with Gasteiger partial charge < -0.3 is 0 Å². The fourth-order valence-corrected chi connectivity index (χ4v) is 5.85. The van der Waals surface area contributed by atoms with E-state index in [1.165, 1.54) is 51.4 Å². The Morgan fingerprint density at radius 1 is 0.600 bits per heavy atom. The molecule has 0 heteroatoms. The van der Waals surface area contributed by atoms with Gasteiger partial charge in [0.05, 0.1) is 0 Å². The Labute approximate surface area is 128 Å². The summed E-state index contributed by atoms with van der Waals surface area (Å²) in [6.45, 7) is 15.0. The third-order valence-electron chi connectivity index (χ3n) is 7.53. The number of rotatable bonds is 3. The first kappa shape index (κ1) is 16.4. The molecule has 0 bridgehead atoms. The van der Waals surface area contributed by atoms with Gasteiger partial charge in [0.15, 0.2) is 0 Å². The molecule has 2 aliphatic carbocycles. The van der Waals surface area contributed by atoms with Crippen molar-refractivity contribution in [2.45, 2.75) is 92.9 Å². The standard InChI is InChI=1S/C20H38/c1-15(2)19(11-7-17(5)8-12-19)20(16(3)4)13-9-18(6)10-14-20/h15-18H,7-14H2,1-6H3. The summed E-state index contributed by atoms with van der Waals surface area (Å²) in [4.78, 5) is 0. The van der Waals surface area contributed by atoms with Crippen LogP contribution in [0, 0.1) is 34.5 Å². The van der Waals surface area contributed by atoms with Crippen LogP contribution in [0.3, 0.4) is 0 Å². The average Bonchev–Trinajstić information content (AvgIpc) is 2.40. The Hall–Kier alpha value is 0. The zero-order valence-corrected chi connectivity index (χ0v) is 15.0. The Morgan fingerprint density at radius 2 is 0.850 bits per heavy atom. The lowest BCUT2D eigenvalue weighted by atomic mass is 9.44. The van der Waals surface area contributed by atoms with Gasteiger partial charge in [-0.15, -0.1) is 0 Å². The van der Waals surface area contributed by atoms with Crippen molar-refractivity contribution in [1.29, 1.82) is 0 Å². The highest BCUT2D eigenvalue weighted by atomic mass is 14.6. The maximum atomic E-state index is 2.53. The number of hydrogen-bond acceptors (Lipinski definition) is 0. The molecule has 2 saturated carbocycles. The normalized spacial score (nSPS) is 43.2. The SMILES string of the molecule is CC1CCC(C(C)C)(C2(C(C)C)CCC(C)CC2)CC1. The van der Waals surface area contributed by atoms with Crippen LogP contribution in [0.15, 0.2) is 0 Å². The van der Waals surface area contributed by atoms with Gasteiger partial charge in [-0.1, -0.05) is 67.2 Å². The van der Waals surface area contributed by atoms with E-state index in [9.17, 15) is 0 Å². The summed E-state index contributed by atoms with van der Waals surface area (Å²) in [5.74, 6) is 3.64. The predicted octanol–water partition coefficient (Wildman–Crippen LogP) is 6.69. The second kappa shape index (κ2) is 6.01. The molecule has 0 nitrogen and oxygen atoms in total. The molecule has 0 aromatic rings. The highest BCUT2D eigenvalue weighted by Gasteiger charge is 2.55. The average molecular weight is 279 g/mol. The molecule has 118 valence electrons. The molecular weight excluding hydrogens is 240 g/mol. The molecule has 0 unspecified atom stereocenters. The van der Waals surface area contributed by atoms with Crippen molar-refractivity contribution < 1.29 is 0 Å². The molecule has 0 radical (unpaired) electrons. The molecule has 0 heterocycles. The first-order chi connectivity index (χ1) is 9.34. The maximum absolute atomic E-state index is 2.53. The smallest absolute Gasteiger partial charge is 0.0215 e. The second-order valence-electron chi connectivity index (χ2n) is 8.99. The van der Waals surface area contributed by atoms with E-state index in [-0.39, 0.29) is 0 Å². The van der Waals surface area contributed by atoms with Gasteiger partial charge in [0.1, 0.15) is 0 Å². The van der Waals surface area contributed by atoms with Crippen LogP contribution in [0.4, 0.5) is 0 Å². The van der Waals surface area contributed by atoms with Gasteiger partial charge in [-0.2, -0.15) is 0 Å². The summed E-state index contributed by atoms with van der Waals surface area (Å²) in [5, 5.41) is 0. The van der Waals surface area contributed by atoms with Gasteiger partial charge in [-0.05, 0) is 60.2 Å². The van der Waals surface area contributed by atoms with Crippen LogP contribution < -0.4 is 0 Å². The van der Waals surface area contributed by atoms with Crippen LogP contribution >= 0.6 is 0 Å². The van der Waals surface area contributed by atoms with Gasteiger partial charge in [0.25, 0.3) is 0 Å². The Kier molecular flexibility index (Phi) is 4.92. The monoisotopic (exact) mass is 278 g/mol. The van der Waals surface area contributed by atoms with E-state index in [0.717, 1.165) is 23.7 Å². The molecule has 0 aromatic carbocycles. The molecular formula is C20H38. The zero-order valence-electron chi connectivity index (χ0n) is 15.0. The van der Waals surface area contributed by atoms with Crippen LogP contribution in [-0.2, 0) is 0 Å².